The Hall–Kier alpha value is -0.810. The second-order valence-electron chi connectivity index (χ2n) is 1.02. The van der Waals surface area contributed by atoms with Crippen LogP contribution in [-0.2, 0) is 4.79 Å². The first-order valence-corrected chi connectivity index (χ1v) is 1.87. The SMILES string of the molecule is CC(=O)C#CCO. The molecule has 0 radical (unpaired) electrons. The van der Waals surface area contributed by atoms with Gasteiger partial charge >= 0.3 is 0 Å². The molecule has 0 aliphatic heterocycles. The smallest absolute Gasteiger partial charge is 0.202 e. The average molecular weight is 98.1 g/mol. The monoisotopic (exact) mass is 98.0 g/mol. The van der Waals surface area contributed by atoms with Gasteiger partial charge in [0.1, 0.15) is 6.61 Å². The summed E-state index contributed by atoms with van der Waals surface area (Å²) < 4.78 is 0. The van der Waals surface area contributed by atoms with Crippen LogP contribution in [0.25, 0.3) is 0 Å². The Balaban J connectivity index is 3.45. The van der Waals surface area contributed by atoms with Crippen LogP contribution < -0.4 is 0 Å². The number of ketones is 1. The normalized spacial score (nSPS) is 6.57. The van der Waals surface area contributed by atoms with E-state index in [1.54, 1.807) is 0 Å². The molecule has 0 saturated carbocycles. The highest BCUT2D eigenvalue weighted by Gasteiger charge is 1.74. The van der Waals surface area contributed by atoms with Crippen LogP contribution in [-0.4, -0.2) is 17.5 Å². The van der Waals surface area contributed by atoms with Gasteiger partial charge in [0, 0.05) is 6.92 Å². The maximum absolute atomic E-state index is 9.92. The lowest BCUT2D eigenvalue weighted by atomic mass is 10.4. The number of aliphatic hydroxyl groups excluding tert-OH is 1. The minimum absolute atomic E-state index is 0.214. The van der Waals surface area contributed by atoms with Crippen molar-refractivity contribution < 1.29 is 9.90 Å². The maximum Gasteiger partial charge on any atom is 0.202 e. The lowest BCUT2D eigenvalue weighted by Crippen LogP contribution is -1.81. The lowest BCUT2D eigenvalue weighted by Gasteiger charge is -1.67. The van der Waals surface area contributed by atoms with Crippen molar-refractivity contribution in [3.63, 3.8) is 0 Å². The van der Waals surface area contributed by atoms with E-state index in [4.69, 9.17) is 5.11 Å². The zero-order valence-corrected chi connectivity index (χ0v) is 4.06. The number of carbonyl (C=O) groups excluding carboxylic acids is 1. The van der Waals surface area contributed by atoms with Gasteiger partial charge in [0.15, 0.2) is 0 Å². The van der Waals surface area contributed by atoms with Crippen molar-refractivity contribution in [2.24, 2.45) is 0 Å². The Bertz CT molecular complexity index is 116. The molecule has 0 unspecified atom stereocenters. The Morgan fingerprint density at radius 1 is 1.86 bits per heavy atom. The number of aliphatic hydroxyl groups is 1. The molecule has 0 aromatic rings. The predicted octanol–water partition coefficient (Wildman–Crippen LogP) is -0.429. The van der Waals surface area contributed by atoms with Crippen LogP contribution in [0.1, 0.15) is 6.92 Å². The van der Waals surface area contributed by atoms with Crippen LogP contribution >= 0.6 is 0 Å². The van der Waals surface area contributed by atoms with E-state index in [0.717, 1.165) is 0 Å². The molecule has 7 heavy (non-hydrogen) atoms. The summed E-state index contributed by atoms with van der Waals surface area (Å²) in [5.41, 5.74) is 0. The van der Waals surface area contributed by atoms with Gasteiger partial charge in [-0.15, -0.1) is 0 Å². The third kappa shape index (κ3) is 5.19. The first-order valence-electron chi connectivity index (χ1n) is 1.87. The molecular formula is C5H6O2. The highest BCUT2D eigenvalue weighted by molar-refractivity contribution is 5.93. The average Bonchev–Trinajstić information content (AvgIpc) is 1.61. The van der Waals surface area contributed by atoms with E-state index in [2.05, 4.69) is 11.8 Å². The molecule has 1 N–H and O–H groups in total. The fourth-order valence-electron chi connectivity index (χ4n) is 0.164. The van der Waals surface area contributed by atoms with E-state index in [-0.39, 0.29) is 12.4 Å². The second-order valence-corrected chi connectivity index (χ2v) is 1.02. The van der Waals surface area contributed by atoms with Gasteiger partial charge in [-0.05, 0) is 5.92 Å². The minimum atomic E-state index is -0.237. The number of carbonyl (C=O) groups is 1. The van der Waals surface area contributed by atoms with Crippen LogP contribution in [0.5, 0.6) is 0 Å². The molecule has 0 amide bonds. The van der Waals surface area contributed by atoms with Crippen molar-refractivity contribution in [1.82, 2.24) is 0 Å². The molecule has 0 aliphatic rings. The predicted molar refractivity (Wildman–Crippen MR) is 25.5 cm³/mol. The molecule has 0 saturated heterocycles. The second kappa shape index (κ2) is 3.38. The zero-order valence-electron chi connectivity index (χ0n) is 4.06. The zero-order chi connectivity index (χ0) is 5.70. The molecule has 0 fully saturated rings. The molecule has 2 heteroatoms. The van der Waals surface area contributed by atoms with Crippen molar-refractivity contribution in [3.8, 4) is 11.8 Å². The summed E-state index contributed by atoms with van der Waals surface area (Å²) in [4.78, 5) is 9.92. The van der Waals surface area contributed by atoms with Gasteiger partial charge in [-0.2, -0.15) is 0 Å². The molecule has 0 heterocycles. The molecule has 38 valence electrons. The molecular weight excluding hydrogens is 92.1 g/mol. The first kappa shape index (κ1) is 6.19. The van der Waals surface area contributed by atoms with E-state index in [9.17, 15) is 4.79 Å². The van der Waals surface area contributed by atoms with Crippen molar-refractivity contribution in [3.05, 3.63) is 0 Å². The standard InChI is InChI=1S/C5H6O2/c1-5(7)3-2-4-6/h6H,4H2,1H3. The summed E-state index contributed by atoms with van der Waals surface area (Å²) in [7, 11) is 0. The highest BCUT2D eigenvalue weighted by atomic mass is 16.2. The fourth-order valence-corrected chi connectivity index (χ4v) is 0.164. The third-order valence-electron chi connectivity index (χ3n) is 0.343. The molecule has 0 spiro atoms. The fraction of sp³-hybridized carbons (Fsp3) is 0.400. The molecule has 0 atom stereocenters. The summed E-state index contributed by atoms with van der Waals surface area (Å²) in [5, 5.41) is 7.99. The number of hydrogen-bond acceptors (Lipinski definition) is 2. The number of rotatable bonds is 0. The summed E-state index contributed by atoms with van der Waals surface area (Å²) in [5.74, 6) is 4.15. The summed E-state index contributed by atoms with van der Waals surface area (Å²) in [6.07, 6.45) is 0. The summed E-state index contributed by atoms with van der Waals surface area (Å²) >= 11 is 0. The summed E-state index contributed by atoms with van der Waals surface area (Å²) in [6.45, 7) is 1.11. The first-order chi connectivity index (χ1) is 3.27. The van der Waals surface area contributed by atoms with Gasteiger partial charge in [0.25, 0.3) is 0 Å². The molecule has 0 rings (SSSR count). The summed E-state index contributed by atoms with van der Waals surface area (Å²) in [6, 6.07) is 0. The van der Waals surface area contributed by atoms with Gasteiger partial charge < -0.3 is 5.11 Å². The molecule has 0 aromatic carbocycles. The highest BCUT2D eigenvalue weighted by Crippen LogP contribution is 1.58. The van der Waals surface area contributed by atoms with Gasteiger partial charge in [0.2, 0.25) is 5.78 Å². The van der Waals surface area contributed by atoms with Crippen LogP contribution in [0.15, 0.2) is 0 Å². The van der Waals surface area contributed by atoms with Gasteiger partial charge in [-0.25, -0.2) is 0 Å². The minimum Gasteiger partial charge on any atom is -0.384 e. The van der Waals surface area contributed by atoms with E-state index < -0.39 is 0 Å². The van der Waals surface area contributed by atoms with Crippen LogP contribution in [0.2, 0.25) is 0 Å². The molecule has 2 nitrogen and oxygen atoms in total. The van der Waals surface area contributed by atoms with Crippen molar-refractivity contribution in [2.75, 3.05) is 6.61 Å². The van der Waals surface area contributed by atoms with Crippen LogP contribution in [0, 0.1) is 11.8 Å². The van der Waals surface area contributed by atoms with Crippen LogP contribution in [0.4, 0.5) is 0 Å². The Labute approximate surface area is 42.2 Å². The number of hydrogen-bond donors (Lipinski definition) is 1. The van der Waals surface area contributed by atoms with E-state index in [1.165, 1.54) is 6.92 Å². The Morgan fingerprint density at radius 2 is 2.43 bits per heavy atom. The van der Waals surface area contributed by atoms with Gasteiger partial charge in [0.05, 0.1) is 0 Å². The number of Topliss-reactive ketones (excluding diaryl/α,β-unsaturated/α-hetero) is 1. The molecule has 0 aliphatic carbocycles. The quantitative estimate of drug-likeness (QED) is 0.330. The van der Waals surface area contributed by atoms with Gasteiger partial charge in [-0.3, -0.25) is 4.79 Å². The van der Waals surface area contributed by atoms with E-state index >= 15 is 0 Å². The van der Waals surface area contributed by atoms with Gasteiger partial charge in [-0.1, -0.05) is 5.92 Å². The Morgan fingerprint density at radius 3 is 2.57 bits per heavy atom. The lowest BCUT2D eigenvalue weighted by molar-refractivity contribution is -0.111. The van der Waals surface area contributed by atoms with E-state index in [0.29, 0.717) is 0 Å². The topological polar surface area (TPSA) is 37.3 Å². The van der Waals surface area contributed by atoms with E-state index in [1.807, 2.05) is 0 Å². The van der Waals surface area contributed by atoms with Crippen molar-refractivity contribution >= 4 is 5.78 Å². The maximum atomic E-state index is 9.92. The largest absolute Gasteiger partial charge is 0.384 e. The van der Waals surface area contributed by atoms with Crippen molar-refractivity contribution in [1.29, 1.82) is 0 Å². The third-order valence-corrected chi connectivity index (χ3v) is 0.343. The molecule has 0 bridgehead atoms. The van der Waals surface area contributed by atoms with Crippen molar-refractivity contribution in [2.45, 2.75) is 6.92 Å². The Kier molecular flexibility index (Phi) is 2.99. The van der Waals surface area contributed by atoms with Crippen LogP contribution in [0.3, 0.4) is 0 Å². The molecule has 0 aromatic heterocycles.